The molecule has 4 fully saturated rings. The summed E-state index contributed by atoms with van der Waals surface area (Å²) in [4.78, 5) is 12.5. The lowest BCUT2D eigenvalue weighted by atomic mass is 9.48. The fourth-order valence-electron chi connectivity index (χ4n) is 6.04. The number of halogens is 3. The molecule has 1 amide bonds. The third-order valence-corrected chi connectivity index (χ3v) is 7.39. The zero-order chi connectivity index (χ0) is 18.5. The number of nitrogens with one attached hydrogen (secondary N) is 1. The molecule has 6 heteroatoms. The molecule has 0 aliphatic heterocycles. The van der Waals surface area contributed by atoms with E-state index in [1.807, 2.05) is 0 Å². The number of aliphatic hydroxyl groups excluding tert-OH is 1. The highest BCUT2D eigenvalue weighted by molar-refractivity contribution is 9.10. The Labute approximate surface area is 160 Å². The number of benzene rings is 1. The molecule has 4 saturated carbocycles. The zero-order valence-electron chi connectivity index (χ0n) is 14.6. The topological polar surface area (TPSA) is 49.3 Å². The molecule has 0 aromatic heterocycles. The molecule has 142 valence electrons. The molecule has 3 atom stereocenters. The molecule has 4 aliphatic rings. The fraction of sp³-hybridized carbons (Fsp3) is 0.650. The summed E-state index contributed by atoms with van der Waals surface area (Å²) < 4.78 is 26.9. The van der Waals surface area contributed by atoms with Crippen LogP contribution in [-0.2, 0) is 4.79 Å². The van der Waals surface area contributed by atoms with Crippen molar-refractivity contribution in [3.05, 3.63) is 35.4 Å². The molecule has 0 saturated heterocycles. The lowest BCUT2D eigenvalue weighted by Gasteiger charge is -2.60. The van der Waals surface area contributed by atoms with Gasteiger partial charge >= 0.3 is 0 Å². The predicted molar refractivity (Wildman–Crippen MR) is 97.7 cm³/mol. The highest BCUT2D eigenvalue weighted by Gasteiger charge is 2.57. The van der Waals surface area contributed by atoms with Gasteiger partial charge in [-0.15, -0.1) is 0 Å². The zero-order valence-corrected chi connectivity index (χ0v) is 16.2. The van der Waals surface area contributed by atoms with E-state index in [1.54, 1.807) is 0 Å². The Hall–Kier alpha value is -1.01. The molecule has 3 nitrogen and oxygen atoms in total. The maximum atomic E-state index is 13.7. The Morgan fingerprint density at radius 2 is 1.96 bits per heavy atom. The molecular formula is C20H24BrF2NO2. The van der Waals surface area contributed by atoms with Crippen LogP contribution in [0, 0.1) is 28.9 Å². The highest BCUT2D eigenvalue weighted by atomic mass is 79.9. The van der Waals surface area contributed by atoms with E-state index in [1.165, 1.54) is 25.3 Å². The van der Waals surface area contributed by atoms with Crippen molar-refractivity contribution in [1.82, 2.24) is 5.32 Å². The summed E-state index contributed by atoms with van der Waals surface area (Å²) in [6.07, 6.45) is 6.27. The van der Waals surface area contributed by atoms with Crippen molar-refractivity contribution in [2.75, 3.05) is 6.54 Å². The number of carbonyl (C=O) groups excluding carboxylic acids is 1. The van der Waals surface area contributed by atoms with E-state index in [0.717, 1.165) is 31.4 Å². The summed E-state index contributed by atoms with van der Waals surface area (Å²) in [6.45, 7) is -0.0657. The summed E-state index contributed by atoms with van der Waals surface area (Å²) in [7, 11) is 0. The first kappa shape index (κ1) is 18.4. The molecule has 1 aromatic rings. The van der Waals surface area contributed by atoms with Gasteiger partial charge in [-0.25, -0.2) is 8.78 Å². The van der Waals surface area contributed by atoms with Crippen molar-refractivity contribution in [2.45, 2.75) is 55.4 Å². The molecule has 0 spiro atoms. The lowest BCUT2D eigenvalue weighted by molar-refractivity contribution is -0.128. The summed E-state index contributed by atoms with van der Waals surface area (Å²) in [5.41, 5.74) is 0.0601. The van der Waals surface area contributed by atoms with Crippen LogP contribution in [0.2, 0.25) is 0 Å². The molecular weight excluding hydrogens is 404 g/mol. The van der Waals surface area contributed by atoms with Gasteiger partial charge in [0.25, 0.3) is 0 Å². The van der Waals surface area contributed by atoms with Gasteiger partial charge in [-0.2, -0.15) is 0 Å². The van der Waals surface area contributed by atoms with Crippen LogP contribution in [0.3, 0.4) is 0 Å². The number of hydrogen-bond acceptors (Lipinski definition) is 2. The van der Waals surface area contributed by atoms with Crippen LogP contribution in [-0.4, -0.2) is 21.9 Å². The molecule has 3 unspecified atom stereocenters. The molecule has 4 aliphatic carbocycles. The van der Waals surface area contributed by atoms with E-state index in [2.05, 4.69) is 21.2 Å². The van der Waals surface area contributed by atoms with Gasteiger partial charge < -0.3 is 10.4 Å². The van der Waals surface area contributed by atoms with Gasteiger partial charge in [-0.05, 0) is 61.8 Å². The maximum Gasteiger partial charge on any atom is 0.220 e. The van der Waals surface area contributed by atoms with Crippen molar-refractivity contribution in [2.24, 2.45) is 17.3 Å². The second kappa shape index (κ2) is 6.55. The third kappa shape index (κ3) is 3.55. The number of alkyl halides is 1. The van der Waals surface area contributed by atoms with Crippen molar-refractivity contribution in [3.63, 3.8) is 0 Å². The van der Waals surface area contributed by atoms with E-state index in [-0.39, 0.29) is 27.8 Å². The van der Waals surface area contributed by atoms with Gasteiger partial charge in [0.1, 0.15) is 11.6 Å². The Balaban J connectivity index is 1.36. The second-order valence-electron chi connectivity index (χ2n) is 8.77. The SMILES string of the molecule is O=C(CC12CC3CC(CC(Br)(C3)C1)C2)NCC(O)c1ccc(F)cc1F. The minimum atomic E-state index is -1.18. The van der Waals surface area contributed by atoms with Gasteiger partial charge in [-0.1, -0.05) is 22.0 Å². The van der Waals surface area contributed by atoms with E-state index in [9.17, 15) is 18.7 Å². The second-order valence-corrected chi connectivity index (χ2v) is 10.5. The van der Waals surface area contributed by atoms with Crippen molar-refractivity contribution >= 4 is 21.8 Å². The molecule has 26 heavy (non-hydrogen) atoms. The molecule has 2 N–H and O–H groups in total. The van der Waals surface area contributed by atoms with Crippen LogP contribution in [0.5, 0.6) is 0 Å². The van der Waals surface area contributed by atoms with Crippen LogP contribution in [0.1, 0.15) is 56.6 Å². The number of amides is 1. The number of carbonyl (C=O) groups is 1. The summed E-state index contributed by atoms with van der Waals surface area (Å²) in [5.74, 6) is -0.156. The minimum Gasteiger partial charge on any atom is -0.386 e. The largest absolute Gasteiger partial charge is 0.386 e. The normalized spacial score (nSPS) is 36.2. The van der Waals surface area contributed by atoms with Gasteiger partial charge in [0.05, 0.1) is 6.10 Å². The predicted octanol–water partition coefficient (Wildman–Crippen LogP) is 4.24. The van der Waals surface area contributed by atoms with Crippen molar-refractivity contribution < 1.29 is 18.7 Å². The third-order valence-electron chi connectivity index (χ3n) is 6.46. The van der Waals surface area contributed by atoms with Crippen molar-refractivity contribution in [3.8, 4) is 0 Å². The van der Waals surface area contributed by atoms with Crippen LogP contribution in [0.4, 0.5) is 8.78 Å². The molecule has 1 aromatic carbocycles. The van der Waals surface area contributed by atoms with E-state index in [0.29, 0.717) is 18.3 Å². The molecule has 4 bridgehead atoms. The van der Waals surface area contributed by atoms with Crippen molar-refractivity contribution in [1.29, 1.82) is 0 Å². The van der Waals surface area contributed by atoms with Crippen LogP contribution < -0.4 is 5.32 Å². The highest BCUT2D eigenvalue weighted by Crippen LogP contribution is 2.65. The number of hydrogen-bond donors (Lipinski definition) is 2. The van der Waals surface area contributed by atoms with Gasteiger partial charge in [0.2, 0.25) is 5.91 Å². The van der Waals surface area contributed by atoms with Gasteiger partial charge in [-0.3, -0.25) is 4.79 Å². The van der Waals surface area contributed by atoms with Gasteiger partial charge in [0.15, 0.2) is 0 Å². The Morgan fingerprint density at radius 3 is 2.58 bits per heavy atom. The van der Waals surface area contributed by atoms with Gasteiger partial charge in [0, 0.05) is 28.9 Å². The minimum absolute atomic E-state index is 0.000848. The Kier molecular flexibility index (Phi) is 4.63. The lowest BCUT2D eigenvalue weighted by Crippen LogP contribution is -2.54. The average molecular weight is 428 g/mol. The van der Waals surface area contributed by atoms with Crippen LogP contribution >= 0.6 is 15.9 Å². The van der Waals surface area contributed by atoms with E-state index >= 15 is 0 Å². The monoisotopic (exact) mass is 427 g/mol. The average Bonchev–Trinajstić information content (AvgIpc) is 2.49. The summed E-state index contributed by atoms with van der Waals surface area (Å²) in [6, 6.07) is 3.06. The Bertz CT molecular complexity index is 712. The van der Waals surface area contributed by atoms with Crippen LogP contribution in [0.25, 0.3) is 0 Å². The first-order valence-corrected chi connectivity index (χ1v) is 10.1. The molecule has 0 heterocycles. The number of rotatable bonds is 5. The van der Waals surface area contributed by atoms with E-state index < -0.39 is 17.7 Å². The molecule has 5 rings (SSSR count). The Morgan fingerprint density at radius 1 is 1.27 bits per heavy atom. The number of aliphatic hydroxyl groups is 1. The van der Waals surface area contributed by atoms with Crippen LogP contribution in [0.15, 0.2) is 18.2 Å². The summed E-state index contributed by atoms with van der Waals surface area (Å²) in [5, 5.41) is 12.9. The first-order valence-electron chi connectivity index (χ1n) is 9.35. The maximum absolute atomic E-state index is 13.7. The quantitative estimate of drug-likeness (QED) is 0.690. The first-order chi connectivity index (χ1) is 12.3. The summed E-state index contributed by atoms with van der Waals surface area (Å²) >= 11 is 3.95. The molecule has 0 radical (unpaired) electrons. The standard InChI is InChI=1S/C20H24BrF2NO2/c21-20-7-12-3-13(8-20)6-19(5-12,11-20)9-18(26)24-10-17(25)15-2-1-14(22)4-16(15)23/h1-2,4,12-13,17,25H,3,5-11H2,(H,24,26). The smallest absolute Gasteiger partial charge is 0.220 e. The fourth-order valence-corrected chi connectivity index (χ4v) is 7.55. The van der Waals surface area contributed by atoms with E-state index in [4.69, 9.17) is 0 Å².